The molecule has 0 radical (unpaired) electrons. The molecule has 1 heterocycles. The fourth-order valence-electron chi connectivity index (χ4n) is 8.49. The van der Waals surface area contributed by atoms with Gasteiger partial charge >= 0.3 is 0 Å². The molecule has 3 aliphatic rings. The van der Waals surface area contributed by atoms with E-state index in [-0.39, 0.29) is 0 Å². The van der Waals surface area contributed by atoms with Crippen LogP contribution in [0.2, 0.25) is 0 Å². The van der Waals surface area contributed by atoms with Crippen molar-refractivity contribution >= 4 is 27.7 Å². The normalized spacial score (nSPS) is 16.0. The first kappa shape index (κ1) is 36.0. The minimum atomic E-state index is 0.740. The van der Waals surface area contributed by atoms with E-state index >= 15 is 0 Å². The molecular formula is C51H54N2. The lowest BCUT2D eigenvalue weighted by molar-refractivity contribution is 0.667. The van der Waals surface area contributed by atoms with E-state index in [1.165, 1.54) is 91.1 Å². The highest BCUT2D eigenvalue weighted by molar-refractivity contribution is 5.92. The van der Waals surface area contributed by atoms with Crippen molar-refractivity contribution in [1.82, 2.24) is 4.57 Å². The van der Waals surface area contributed by atoms with Crippen LogP contribution in [-0.4, -0.2) is 11.1 Å². The van der Waals surface area contributed by atoms with Crippen molar-refractivity contribution in [3.05, 3.63) is 192 Å². The summed E-state index contributed by atoms with van der Waals surface area (Å²) in [6, 6.07) is 27.3. The monoisotopic (exact) mass is 694 g/mol. The van der Waals surface area contributed by atoms with Crippen LogP contribution in [0.25, 0.3) is 27.7 Å². The molecule has 0 N–H and O–H groups in total. The first-order chi connectivity index (χ1) is 26.1. The van der Waals surface area contributed by atoms with Gasteiger partial charge in [-0.3, -0.25) is 0 Å². The van der Waals surface area contributed by atoms with E-state index in [4.69, 9.17) is 0 Å². The van der Waals surface area contributed by atoms with Crippen molar-refractivity contribution in [1.29, 1.82) is 0 Å². The first-order valence-corrected chi connectivity index (χ1v) is 19.8. The summed E-state index contributed by atoms with van der Waals surface area (Å²) in [5.74, 6) is 0. The van der Waals surface area contributed by atoms with Gasteiger partial charge in [-0.25, -0.2) is 0 Å². The van der Waals surface area contributed by atoms with Crippen LogP contribution < -0.4 is 4.90 Å². The van der Waals surface area contributed by atoms with Gasteiger partial charge in [0.05, 0.1) is 5.52 Å². The SMILES string of the molecule is C=CC/C(CC)=C(/CCC)N(CC=C)c1cc(C2=CC(c3ccccc3)=CCC(C3=CC=CC=CC3)=C2)cc(-n2c3c(c4ccccc42)CCCC3)c1. The molecule has 0 atom stereocenters. The largest absolute Gasteiger partial charge is 0.341 e. The van der Waals surface area contributed by atoms with Crippen molar-refractivity contribution in [2.45, 2.75) is 78.1 Å². The van der Waals surface area contributed by atoms with E-state index in [1.807, 2.05) is 0 Å². The average Bonchev–Trinajstić information content (AvgIpc) is 3.38. The Balaban J connectivity index is 1.51. The number of para-hydroxylation sites is 1. The lowest BCUT2D eigenvalue weighted by Gasteiger charge is -2.30. The number of aryl methyl sites for hydroxylation is 1. The Morgan fingerprint density at radius 2 is 1.62 bits per heavy atom. The van der Waals surface area contributed by atoms with E-state index in [2.05, 4.69) is 170 Å². The molecule has 3 aliphatic carbocycles. The summed E-state index contributed by atoms with van der Waals surface area (Å²) in [7, 11) is 0. The van der Waals surface area contributed by atoms with Gasteiger partial charge in [-0.15, -0.1) is 13.2 Å². The van der Waals surface area contributed by atoms with Gasteiger partial charge in [0.25, 0.3) is 0 Å². The average molecular weight is 695 g/mol. The zero-order valence-corrected chi connectivity index (χ0v) is 31.8. The second-order valence-corrected chi connectivity index (χ2v) is 14.5. The quantitative estimate of drug-likeness (QED) is 0.127. The molecule has 268 valence electrons. The van der Waals surface area contributed by atoms with Gasteiger partial charge in [-0.1, -0.05) is 123 Å². The third kappa shape index (κ3) is 7.74. The van der Waals surface area contributed by atoms with Crippen LogP contribution in [-0.2, 0) is 12.8 Å². The standard InChI is InChI=1S/C51H54N2/c1-5-20-38(8-4)49(21-6-2)52(32-7-3)45-35-44(36-46(37-45)53-50-28-18-16-26-47(50)48-27-17-19-29-51(48)53)43-33-41(39-22-12-9-10-13-23-39)30-31-42(34-43)40-24-14-11-15-25-40/h5,7,9-16,18,22,24-26,28,31,33-37H,1,3,6,8,17,19-21,23,27,29-30,32H2,2,4H3/b49-38-. The number of nitrogens with zero attached hydrogens (tertiary/aromatic N) is 2. The number of anilines is 1. The van der Waals surface area contributed by atoms with Gasteiger partial charge in [0, 0.05) is 34.7 Å². The van der Waals surface area contributed by atoms with E-state index in [9.17, 15) is 0 Å². The Morgan fingerprint density at radius 3 is 2.43 bits per heavy atom. The number of aromatic nitrogens is 1. The molecule has 0 bridgehead atoms. The summed E-state index contributed by atoms with van der Waals surface area (Å²) in [5, 5.41) is 1.40. The van der Waals surface area contributed by atoms with Gasteiger partial charge in [-0.05, 0) is 133 Å². The fourth-order valence-corrected chi connectivity index (χ4v) is 8.49. The molecule has 3 aromatic carbocycles. The maximum Gasteiger partial charge on any atom is 0.0534 e. The van der Waals surface area contributed by atoms with E-state index < -0.39 is 0 Å². The van der Waals surface area contributed by atoms with Crippen LogP contribution in [0, 0.1) is 0 Å². The summed E-state index contributed by atoms with van der Waals surface area (Å²) in [6.45, 7) is 13.7. The molecule has 0 amide bonds. The van der Waals surface area contributed by atoms with Crippen LogP contribution in [0.15, 0.2) is 169 Å². The van der Waals surface area contributed by atoms with E-state index in [0.29, 0.717) is 0 Å². The molecule has 0 unspecified atom stereocenters. The maximum atomic E-state index is 4.27. The molecule has 2 nitrogen and oxygen atoms in total. The highest BCUT2D eigenvalue weighted by atomic mass is 15.1. The Labute approximate surface area is 317 Å². The fraction of sp³-hybridized carbons (Fsp3) is 0.255. The summed E-state index contributed by atoms with van der Waals surface area (Å²) < 4.78 is 2.59. The number of fused-ring (bicyclic) bond motifs is 3. The maximum absolute atomic E-state index is 4.27. The summed E-state index contributed by atoms with van der Waals surface area (Å²) >= 11 is 0. The van der Waals surface area contributed by atoms with Crippen molar-refractivity contribution in [2.24, 2.45) is 0 Å². The van der Waals surface area contributed by atoms with Gasteiger partial charge in [-0.2, -0.15) is 0 Å². The highest BCUT2D eigenvalue weighted by Crippen LogP contribution is 2.40. The minimum Gasteiger partial charge on any atom is -0.341 e. The van der Waals surface area contributed by atoms with Crippen LogP contribution in [0.4, 0.5) is 5.69 Å². The third-order valence-electron chi connectivity index (χ3n) is 11.0. The molecule has 53 heavy (non-hydrogen) atoms. The zero-order chi connectivity index (χ0) is 36.6. The van der Waals surface area contributed by atoms with Crippen molar-refractivity contribution in [3.63, 3.8) is 0 Å². The van der Waals surface area contributed by atoms with E-state index in [1.54, 1.807) is 0 Å². The Kier molecular flexibility index (Phi) is 11.6. The predicted octanol–water partition coefficient (Wildman–Crippen LogP) is 13.8. The van der Waals surface area contributed by atoms with E-state index in [0.717, 1.165) is 57.9 Å². The molecule has 1 aromatic heterocycles. The molecule has 0 saturated carbocycles. The number of rotatable bonds is 13. The first-order valence-electron chi connectivity index (χ1n) is 19.8. The Bertz CT molecular complexity index is 2200. The van der Waals surface area contributed by atoms with Crippen LogP contribution in [0.5, 0.6) is 0 Å². The molecule has 0 spiro atoms. The molecule has 0 fully saturated rings. The summed E-state index contributed by atoms with van der Waals surface area (Å²) in [4.78, 5) is 2.54. The molecule has 0 saturated heterocycles. The summed E-state index contributed by atoms with van der Waals surface area (Å²) in [5.41, 5.74) is 17.3. The molecule has 0 aliphatic heterocycles. The van der Waals surface area contributed by atoms with Gasteiger partial charge < -0.3 is 9.47 Å². The number of hydrogen-bond acceptors (Lipinski definition) is 1. The molecular weight excluding hydrogens is 641 g/mol. The van der Waals surface area contributed by atoms with Crippen molar-refractivity contribution in [3.8, 4) is 5.69 Å². The van der Waals surface area contributed by atoms with Crippen LogP contribution in [0.1, 0.15) is 87.6 Å². The molecule has 4 aromatic rings. The predicted molar refractivity (Wildman–Crippen MR) is 231 cm³/mol. The topological polar surface area (TPSA) is 8.17 Å². The number of allylic oxidation sites excluding steroid dienone is 15. The summed E-state index contributed by atoms with van der Waals surface area (Å²) in [6.07, 6.45) is 33.0. The number of benzene rings is 3. The minimum absolute atomic E-state index is 0.740. The Hall–Kier alpha value is -5.34. The molecule has 2 heteroatoms. The van der Waals surface area contributed by atoms with Crippen LogP contribution in [0.3, 0.4) is 0 Å². The third-order valence-corrected chi connectivity index (χ3v) is 11.0. The second kappa shape index (κ2) is 17.0. The van der Waals surface area contributed by atoms with Crippen molar-refractivity contribution in [2.75, 3.05) is 11.4 Å². The van der Waals surface area contributed by atoms with Crippen LogP contribution >= 0.6 is 0 Å². The second-order valence-electron chi connectivity index (χ2n) is 14.5. The van der Waals surface area contributed by atoms with Crippen molar-refractivity contribution < 1.29 is 0 Å². The van der Waals surface area contributed by atoms with Gasteiger partial charge in [0.15, 0.2) is 0 Å². The zero-order valence-electron chi connectivity index (χ0n) is 31.8. The number of hydrogen-bond donors (Lipinski definition) is 0. The van der Waals surface area contributed by atoms with Gasteiger partial charge in [0.2, 0.25) is 0 Å². The highest BCUT2D eigenvalue weighted by Gasteiger charge is 2.24. The Morgan fingerprint density at radius 1 is 0.792 bits per heavy atom. The smallest absolute Gasteiger partial charge is 0.0534 e. The lowest BCUT2D eigenvalue weighted by Crippen LogP contribution is -2.24. The molecule has 7 rings (SSSR count). The lowest BCUT2D eigenvalue weighted by atomic mass is 9.94. The van der Waals surface area contributed by atoms with Gasteiger partial charge in [0.1, 0.15) is 0 Å².